The number of hydrogen-bond donors (Lipinski definition) is 3. The van der Waals surface area contributed by atoms with Gasteiger partial charge in [0.1, 0.15) is 6.10 Å². The molecule has 0 spiro atoms. The summed E-state index contributed by atoms with van der Waals surface area (Å²) in [7, 11) is 0. The van der Waals surface area contributed by atoms with Gasteiger partial charge in [0.2, 0.25) is 0 Å². The van der Waals surface area contributed by atoms with E-state index in [0.717, 1.165) is 0 Å². The first-order chi connectivity index (χ1) is 5.45. The smallest absolute Gasteiger partial charge is 0.103 e. The lowest BCUT2D eigenvalue weighted by Crippen LogP contribution is -2.31. The van der Waals surface area contributed by atoms with Crippen LogP contribution in [0.4, 0.5) is 0 Å². The lowest BCUT2D eigenvalue weighted by atomic mass is 10.2. The normalized spacial score (nSPS) is 21.5. The number of aliphatic hydroxyl groups is 2. The summed E-state index contributed by atoms with van der Waals surface area (Å²) in [5.74, 6) is 0. The maximum absolute atomic E-state index is 9.16. The molecule has 0 aromatic heterocycles. The summed E-state index contributed by atoms with van der Waals surface area (Å²) >= 11 is 4.18. The Morgan fingerprint density at radius 3 is 2.08 bits per heavy atom. The van der Waals surface area contributed by atoms with Gasteiger partial charge in [-0.2, -0.15) is 12.6 Å². The van der Waals surface area contributed by atoms with Crippen LogP contribution < -0.4 is 0 Å². The first-order valence-corrected chi connectivity index (χ1v) is 4.62. The molecule has 3 nitrogen and oxygen atoms in total. The monoisotopic (exact) mass is 194 g/mol. The third-order valence-electron chi connectivity index (χ3n) is 1.77. The minimum Gasteiger partial charge on any atom is -0.391 e. The van der Waals surface area contributed by atoms with Gasteiger partial charge in [0.25, 0.3) is 0 Å². The second-order valence-corrected chi connectivity index (χ2v) is 3.90. The van der Waals surface area contributed by atoms with Gasteiger partial charge < -0.3 is 14.9 Å². The molecule has 0 aliphatic rings. The summed E-state index contributed by atoms with van der Waals surface area (Å²) in [4.78, 5) is 0. The van der Waals surface area contributed by atoms with Crippen molar-refractivity contribution >= 4 is 12.6 Å². The first kappa shape index (κ1) is 12.2. The molecule has 0 radical (unpaired) electrons. The summed E-state index contributed by atoms with van der Waals surface area (Å²) < 4.78 is 5.24. The van der Waals surface area contributed by atoms with E-state index in [1.807, 2.05) is 13.8 Å². The van der Waals surface area contributed by atoms with Crippen LogP contribution in [0.2, 0.25) is 0 Å². The van der Waals surface area contributed by atoms with Gasteiger partial charge in [-0.15, -0.1) is 0 Å². The van der Waals surface area contributed by atoms with E-state index in [0.29, 0.717) is 0 Å². The van der Waals surface area contributed by atoms with Gasteiger partial charge >= 0.3 is 0 Å². The molecular weight excluding hydrogens is 176 g/mol. The van der Waals surface area contributed by atoms with Gasteiger partial charge in [-0.05, 0) is 13.8 Å². The third kappa shape index (κ3) is 4.98. The molecule has 4 atom stereocenters. The van der Waals surface area contributed by atoms with Crippen LogP contribution >= 0.6 is 12.6 Å². The van der Waals surface area contributed by atoms with Crippen molar-refractivity contribution in [3.05, 3.63) is 0 Å². The zero-order valence-corrected chi connectivity index (χ0v) is 8.66. The van der Waals surface area contributed by atoms with Crippen molar-refractivity contribution in [2.24, 2.45) is 0 Å². The molecule has 0 aliphatic carbocycles. The quantitative estimate of drug-likeness (QED) is 0.557. The average Bonchev–Trinajstić information content (AvgIpc) is 1.98. The Labute approximate surface area is 79.2 Å². The molecule has 4 heteroatoms. The Morgan fingerprint density at radius 2 is 1.75 bits per heavy atom. The van der Waals surface area contributed by atoms with E-state index in [1.54, 1.807) is 0 Å². The van der Waals surface area contributed by atoms with E-state index in [-0.39, 0.29) is 18.0 Å². The molecule has 12 heavy (non-hydrogen) atoms. The Balaban J connectivity index is 3.54. The highest BCUT2D eigenvalue weighted by Gasteiger charge is 2.14. The highest BCUT2D eigenvalue weighted by Crippen LogP contribution is 2.05. The predicted octanol–water partition coefficient (Wildman–Crippen LogP) is 0.452. The molecule has 0 aliphatic heterocycles. The van der Waals surface area contributed by atoms with Crippen LogP contribution in [0.25, 0.3) is 0 Å². The summed E-state index contributed by atoms with van der Waals surface area (Å²) in [6, 6.07) is 0. The molecule has 0 bridgehead atoms. The van der Waals surface area contributed by atoms with Crippen molar-refractivity contribution in [3.8, 4) is 0 Å². The molecule has 74 valence electrons. The van der Waals surface area contributed by atoms with Gasteiger partial charge in [-0.25, -0.2) is 0 Å². The largest absolute Gasteiger partial charge is 0.391 e. The standard InChI is InChI=1S/C8H18O3S/c1-5(9)8(10)4-11-6(2)7(3)12/h5-10,12H,4H2,1-3H3. The Kier molecular flexibility index (Phi) is 5.92. The van der Waals surface area contributed by atoms with Crippen LogP contribution in [0.1, 0.15) is 20.8 Å². The fraction of sp³-hybridized carbons (Fsp3) is 1.00. The number of ether oxygens (including phenoxy) is 1. The van der Waals surface area contributed by atoms with E-state index in [4.69, 9.17) is 14.9 Å². The molecule has 0 fully saturated rings. The third-order valence-corrected chi connectivity index (χ3v) is 2.19. The molecule has 0 heterocycles. The zero-order valence-electron chi connectivity index (χ0n) is 7.77. The second-order valence-electron chi connectivity index (χ2n) is 3.09. The van der Waals surface area contributed by atoms with Crippen LogP contribution in [0.5, 0.6) is 0 Å². The lowest BCUT2D eigenvalue weighted by Gasteiger charge is -2.19. The average molecular weight is 194 g/mol. The molecule has 0 aromatic carbocycles. The minimum absolute atomic E-state index is 0.0123. The van der Waals surface area contributed by atoms with Gasteiger partial charge in [0.15, 0.2) is 0 Å². The van der Waals surface area contributed by atoms with Crippen LogP contribution in [0, 0.1) is 0 Å². The maximum atomic E-state index is 9.16. The SMILES string of the molecule is CC(O)C(O)COC(C)C(C)S. The number of rotatable bonds is 5. The van der Waals surface area contributed by atoms with E-state index in [1.165, 1.54) is 6.92 Å². The fourth-order valence-electron chi connectivity index (χ4n) is 0.529. The summed E-state index contributed by atoms with van der Waals surface area (Å²) in [5, 5.41) is 18.2. The highest BCUT2D eigenvalue weighted by molar-refractivity contribution is 7.81. The van der Waals surface area contributed by atoms with E-state index in [9.17, 15) is 0 Å². The van der Waals surface area contributed by atoms with Crippen molar-refractivity contribution in [2.45, 2.75) is 44.3 Å². The number of thiol groups is 1. The van der Waals surface area contributed by atoms with Crippen molar-refractivity contribution in [1.82, 2.24) is 0 Å². The Morgan fingerprint density at radius 1 is 1.25 bits per heavy atom. The first-order valence-electron chi connectivity index (χ1n) is 4.11. The molecule has 4 unspecified atom stereocenters. The van der Waals surface area contributed by atoms with E-state index in [2.05, 4.69) is 12.6 Å². The molecule has 0 saturated heterocycles. The number of hydrogen-bond acceptors (Lipinski definition) is 4. The maximum Gasteiger partial charge on any atom is 0.103 e. The van der Waals surface area contributed by atoms with Crippen molar-refractivity contribution < 1.29 is 14.9 Å². The highest BCUT2D eigenvalue weighted by atomic mass is 32.1. The van der Waals surface area contributed by atoms with Crippen LogP contribution in [-0.2, 0) is 4.74 Å². The zero-order chi connectivity index (χ0) is 9.72. The topological polar surface area (TPSA) is 49.7 Å². The summed E-state index contributed by atoms with van der Waals surface area (Å²) in [6.07, 6.45) is -1.56. The lowest BCUT2D eigenvalue weighted by molar-refractivity contribution is -0.0498. The van der Waals surface area contributed by atoms with E-state index < -0.39 is 12.2 Å². The minimum atomic E-state index is -0.806. The van der Waals surface area contributed by atoms with Gasteiger partial charge in [-0.3, -0.25) is 0 Å². The van der Waals surface area contributed by atoms with Crippen molar-refractivity contribution in [1.29, 1.82) is 0 Å². The van der Waals surface area contributed by atoms with Crippen LogP contribution in [0.3, 0.4) is 0 Å². The van der Waals surface area contributed by atoms with Crippen molar-refractivity contribution in [2.75, 3.05) is 6.61 Å². The fourth-order valence-corrected chi connectivity index (χ4v) is 0.615. The van der Waals surface area contributed by atoms with Gasteiger partial charge in [-0.1, -0.05) is 6.92 Å². The molecule has 0 rings (SSSR count). The van der Waals surface area contributed by atoms with Crippen LogP contribution in [0.15, 0.2) is 0 Å². The van der Waals surface area contributed by atoms with Crippen molar-refractivity contribution in [3.63, 3.8) is 0 Å². The molecular formula is C8H18O3S. The summed E-state index contributed by atoms with van der Waals surface area (Å²) in [6.45, 7) is 5.49. The number of aliphatic hydroxyl groups excluding tert-OH is 2. The van der Waals surface area contributed by atoms with Gasteiger partial charge in [0, 0.05) is 5.25 Å². The Hall–Kier alpha value is 0.230. The summed E-state index contributed by atoms with van der Waals surface area (Å²) in [5.41, 5.74) is 0. The molecule has 2 N–H and O–H groups in total. The molecule has 0 saturated carbocycles. The second kappa shape index (κ2) is 5.80. The molecule has 0 amide bonds. The Bertz CT molecular complexity index is 103. The van der Waals surface area contributed by atoms with Gasteiger partial charge in [0.05, 0.1) is 18.8 Å². The predicted molar refractivity (Wildman–Crippen MR) is 51.5 cm³/mol. The van der Waals surface area contributed by atoms with Crippen LogP contribution in [-0.4, -0.2) is 40.4 Å². The molecule has 0 aromatic rings. The van der Waals surface area contributed by atoms with E-state index >= 15 is 0 Å².